The Balaban J connectivity index is 1.51. The minimum Gasteiger partial charge on any atom is -0.355 e. The van der Waals surface area contributed by atoms with E-state index in [-0.39, 0.29) is 11.9 Å². The van der Waals surface area contributed by atoms with Gasteiger partial charge in [-0.2, -0.15) is 0 Å². The van der Waals surface area contributed by atoms with E-state index in [1.807, 2.05) is 36.4 Å². The molecule has 0 fully saturated rings. The highest BCUT2D eigenvalue weighted by atomic mass is 16.1. The van der Waals surface area contributed by atoms with Crippen molar-refractivity contribution >= 4 is 5.91 Å². The van der Waals surface area contributed by atoms with Crippen molar-refractivity contribution < 1.29 is 4.79 Å². The molecule has 0 bridgehead atoms. The van der Waals surface area contributed by atoms with Gasteiger partial charge in [0.2, 0.25) is 5.91 Å². The second kappa shape index (κ2) is 10.4. The van der Waals surface area contributed by atoms with E-state index in [1.165, 1.54) is 11.1 Å². The number of nitrogens with one attached hydrogen (secondary N) is 2. The molecule has 0 aliphatic rings. The van der Waals surface area contributed by atoms with Crippen molar-refractivity contribution in [3.8, 4) is 0 Å². The van der Waals surface area contributed by atoms with Gasteiger partial charge in [-0.15, -0.1) is 0 Å². The maximum Gasteiger partial charge on any atom is 0.233 e. The predicted octanol–water partition coefficient (Wildman–Crippen LogP) is 4.42. The minimum atomic E-state index is -0.00290. The highest BCUT2D eigenvalue weighted by molar-refractivity contribution is 5.78. The number of hydrogen-bond acceptors (Lipinski definition) is 2. The van der Waals surface area contributed by atoms with Gasteiger partial charge in [-0.25, -0.2) is 0 Å². The Hall–Kier alpha value is -2.91. The first-order valence-corrected chi connectivity index (χ1v) is 9.88. The molecular formula is C25H28N2O. The third-order valence-corrected chi connectivity index (χ3v) is 4.82. The lowest BCUT2D eigenvalue weighted by molar-refractivity contribution is -0.120. The van der Waals surface area contributed by atoms with Gasteiger partial charge in [0, 0.05) is 6.54 Å². The molecule has 3 aromatic rings. The largest absolute Gasteiger partial charge is 0.355 e. The molecule has 3 heteroatoms. The molecule has 0 aliphatic carbocycles. The Bertz CT molecular complexity index is 845. The summed E-state index contributed by atoms with van der Waals surface area (Å²) in [4.78, 5) is 12.3. The van der Waals surface area contributed by atoms with Gasteiger partial charge >= 0.3 is 0 Å². The van der Waals surface area contributed by atoms with Crippen molar-refractivity contribution in [2.24, 2.45) is 0 Å². The molecular weight excluding hydrogens is 344 g/mol. The van der Waals surface area contributed by atoms with E-state index in [1.54, 1.807) is 0 Å². The minimum absolute atomic E-state index is 0.00290. The maximum atomic E-state index is 12.3. The van der Waals surface area contributed by atoms with Gasteiger partial charge in [0.25, 0.3) is 0 Å². The van der Waals surface area contributed by atoms with Crippen molar-refractivity contribution in [3.05, 3.63) is 107 Å². The number of benzene rings is 3. The molecule has 0 spiro atoms. The van der Waals surface area contributed by atoms with Gasteiger partial charge in [-0.05, 0) is 36.5 Å². The van der Waals surface area contributed by atoms with Crippen molar-refractivity contribution in [1.29, 1.82) is 0 Å². The smallest absolute Gasteiger partial charge is 0.233 e. The number of hydrogen-bond donors (Lipinski definition) is 2. The first-order valence-electron chi connectivity index (χ1n) is 9.88. The maximum absolute atomic E-state index is 12.3. The van der Waals surface area contributed by atoms with Gasteiger partial charge < -0.3 is 5.32 Å². The molecule has 0 radical (unpaired) electrons. The molecule has 3 aromatic carbocycles. The number of aryl methyl sites for hydroxylation is 2. The number of carbonyl (C=O) groups excluding carboxylic acids is 1. The number of rotatable bonds is 9. The Morgan fingerprint density at radius 2 is 1.43 bits per heavy atom. The molecule has 28 heavy (non-hydrogen) atoms. The van der Waals surface area contributed by atoms with E-state index in [0.717, 1.165) is 24.0 Å². The fourth-order valence-corrected chi connectivity index (χ4v) is 3.25. The SMILES string of the molecule is Cc1ccc([C@H](NCC(=O)NCCCc2ccccc2)c2ccccc2)cc1. The molecule has 1 atom stereocenters. The molecule has 1 amide bonds. The fraction of sp³-hybridized carbons (Fsp3) is 0.240. The molecule has 0 saturated heterocycles. The summed E-state index contributed by atoms with van der Waals surface area (Å²) in [5.74, 6) is 0.0288. The second-order valence-corrected chi connectivity index (χ2v) is 7.07. The fourth-order valence-electron chi connectivity index (χ4n) is 3.25. The van der Waals surface area contributed by atoms with Gasteiger partial charge in [-0.3, -0.25) is 10.1 Å². The third kappa shape index (κ3) is 6.07. The molecule has 0 unspecified atom stereocenters. The first kappa shape index (κ1) is 19.8. The summed E-state index contributed by atoms with van der Waals surface area (Å²) in [6, 6.07) is 29.1. The summed E-state index contributed by atoms with van der Waals surface area (Å²) < 4.78 is 0. The highest BCUT2D eigenvalue weighted by Gasteiger charge is 2.14. The van der Waals surface area contributed by atoms with Crippen LogP contribution in [0.2, 0.25) is 0 Å². The van der Waals surface area contributed by atoms with Crippen LogP contribution in [0.4, 0.5) is 0 Å². The van der Waals surface area contributed by atoms with E-state index < -0.39 is 0 Å². The molecule has 0 aromatic heterocycles. The Kier molecular flexibility index (Phi) is 7.39. The molecule has 2 N–H and O–H groups in total. The summed E-state index contributed by atoms with van der Waals surface area (Å²) >= 11 is 0. The van der Waals surface area contributed by atoms with Crippen LogP contribution in [-0.2, 0) is 11.2 Å². The van der Waals surface area contributed by atoms with E-state index in [2.05, 4.69) is 66.1 Å². The number of amides is 1. The zero-order valence-corrected chi connectivity index (χ0v) is 16.4. The van der Waals surface area contributed by atoms with E-state index in [0.29, 0.717) is 13.1 Å². The standard InChI is InChI=1S/C25H28N2O/c1-20-14-16-23(17-15-20)25(22-12-6-3-7-13-22)27-19-24(28)26-18-8-11-21-9-4-2-5-10-21/h2-7,9-10,12-17,25,27H,8,11,18-19H2,1H3,(H,26,28)/t25-/m1/s1. The quantitative estimate of drug-likeness (QED) is 0.546. The predicted molar refractivity (Wildman–Crippen MR) is 115 cm³/mol. The van der Waals surface area contributed by atoms with Gasteiger partial charge in [-0.1, -0.05) is 90.5 Å². The van der Waals surface area contributed by atoms with Crippen LogP contribution in [0.25, 0.3) is 0 Å². The summed E-state index contributed by atoms with van der Waals surface area (Å²) in [6.45, 7) is 3.06. The normalized spacial score (nSPS) is 11.8. The van der Waals surface area contributed by atoms with Crippen LogP contribution in [0, 0.1) is 6.92 Å². The molecule has 0 saturated carbocycles. The van der Waals surface area contributed by atoms with Crippen LogP contribution < -0.4 is 10.6 Å². The third-order valence-electron chi connectivity index (χ3n) is 4.82. The van der Waals surface area contributed by atoms with E-state index in [9.17, 15) is 4.79 Å². The van der Waals surface area contributed by atoms with Crippen molar-refractivity contribution in [1.82, 2.24) is 10.6 Å². The molecule has 0 aliphatic heterocycles. The van der Waals surface area contributed by atoms with Crippen LogP contribution in [0.15, 0.2) is 84.9 Å². The van der Waals surface area contributed by atoms with Crippen LogP contribution in [0.1, 0.15) is 34.7 Å². The number of carbonyl (C=O) groups is 1. The monoisotopic (exact) mass is 372 g/mol. The van der Waals surface area contributed by atoms with Gasteiger partial charge in [0.05, 0.1) is 12.6 Å². The lowest BCUT2D eigenvalue weighted by atomic mass is 9.98. The average Bonchev–Trinajstić information content (AvgIpc) is 2.74. The van der Waals surface area contributed by atoms with E-state index >= 15 is 0 Å². The van der Waals surface area contributed by atoms with Gasteiger partial charge in [0.15, 0.2) is 0 Å². The zero-order valence-electron chi connectivity index (χ0n) is 16.4. The average molecular weight is 373 g/mol. The molecule has 3 rings (SSSR count). The van der Waals surface area contributed by atoms with Crippen molar-refractivity contribution in [2.75, 3.05) is 13.1 Å². The lowest BCUT2D eigenvalue weighted by Gasteiger charge is -2.20. The van der Waals surface area contributed by atoms with E-state index in [4.69, 9.17) is 0 Å². The van der Waals surface area contributed by atoms with Crippen LogP contribution in [0.5, 0.6) is 0 Å². The van der Waals surface area contributed by atoms with Crippen molar-refractivity contribution in [3.63, 3.8) is 0 Å². The molecule has 144 valence electrons. The summed E-state index contributed by atoms with van der Waals surface area (Å²) in [5.41, 5.74) is 4.85. The molecule has 0 heterocycles. The van der Waals surface area contributed by atoms with Crippen molar-refractivity contribution in [2.45, 2.75) is 25.8 Å². The van der Waals surface area contributed by atoms with Crippen LogP contribution in [0.3, 0.4) is 0 Å². The lowest BCUT2D eigenvalue weighted by Crippen LogP contribution is -2.36. The van der Waals surface area contributed by atoms with Crippen LogP contribution >= 0.6 is 0 Å². The summed E-state index contributed by atoms with van der Waals surface area (Å²) in [7, 11) is 0. The first-order chi connectivity index (χ1) is 13.7. The highest BCUT2D eigenvalue weighted by Crippen LogP contribution is 2.22. The topological polar surface area (TPSA) is 41.1 Å². The zero-order chi connectivity index (χ0) is 19.6. The molecule has 3 nitrogen and oxygen atoms in total. The summed E-state index contributed by atoms with van der Waals surface area (Å²) in [6.07, 6.45) is 1.92. The Morgan fingerprint density at radius 3 is 2.11 bits per heavy atom. The summed E-state index contributed by atoms with van der Waals surface area (Å²) in [5, 5.41) is 6.44. The Labute approximate surface area is 167 Å². The van der Waals surface area contributed by atoms with Gasteiger partial charge in [0.1, 0.15) is 0 Å². The second-order valence-electron chi connectivity index (χ2n) is 7.07. The van der Waals surface area contributed by atoms with Crippen LogP contribution in [-0.4, -0.2) is 19.0 Å². The Morgan fingerprint density at radius 1 is 0.821 bits per heavy atom.